The molecule has 0 bridgehead atoms. The summed E-state index contributed by atoms with van der Waals surface area (Å²) in [6.07, 6.45) is 3.77. The Morgan fingerprint density at radius 3 is 2.50 bits per heavy atom. The number of ketones is 1. The van der Waals surface area contributed by atoms with E-state index >= 15 is 0 Å². The van der Waals surface area contributed by atoms with Crippen LogP contribution in [0.2, 0.25) is 5.02 Å². The lowest BCUT2D eigenvalue weighted by Crippen LogP contribution is -2.11. The number of Topliss-reactive ketones (excluding diaryl/α,β-unsaturated/α-hetero) is 1. The lowest BCUT2D eigenvalue weighted by atomic mass is 10.0. The van der Waals surface area contributed by atoms with E-state index < -0.39 is 0 Å². The van der Waals surface area contributed by atoms with Crippen molar-refractivity contribution in [2.45, 2.75) is 53.5 Å². The van der Waals surface area contributed by atoms with E-state index in [0.717, 1.165) is 36.3 Å². The molecule has 0 spiro atoms. The van der Waals surface area contributed by atoms with Gasteiger partial charge in [0.2, 0.25) is 0 Å². The van der Waals surface area contributed by atoms with Gasteiger partial charge in [0.05, 0.1) is 22.8 Å². The second-order valence-electron chi connectivity index (χ2n) is 4.14. The van der Waals surface area contributed by atoms with E-state index in [1.807, 2.05) is 38.5 Å². The van der Waals surface area contributed by atoms with Gasteiger partial charge in [-0.3, -0.25) is 9.48 Å². The first kappa shape index (κ1) is 15.0. The summed E-state index contributed by atoms with van der Waals surface area (Å²) in [4.78, 5) is 12.1. The van der Waals surface area contributed by atoms with Crippen LogP contribution in [0, 0.1) is 0 Å². The van der Waals surface area contributed by atoms with Crippen LogP contribution >= 0.6 is 11.6 Å². The van der Waals surface area contributed by atoms with Crippen LogP contribution in [0.4, 0.5) is 0 Å². The van der Waals surface area contributed by atoms with Gasteiger partial charge < -0.3 is 0 Å². The molecule has 0 aromatic carbocycles. The first-order chi connectivity index (χ1) is 8.58. The van der Waals surface area contributed by atoms with Crippen molar-refractivity contribution in [2.24, 2.45) is 0 Å². The third kappa shape index (κ3) is 3.02. The molecule has 1 heterocycles. The number of aromatic nitrogens is 2. The van der Waals surface area contributed by atoms with Crippen molar-refractivity contribution in [3.8, 4) is 0 Å². The maximum atomic E-state index is 12.1. The van der Waals surface area contributed by atoms with E-state index in [-0.39, 0.29) is 5.78 Å². The number of aryl methyl sites for hydroxylation is 2. The van der Waals surface area contributed by atoms with Gasteiger partial charge in [-0.05, 0) is 32.3 Å². The zero-order valence-electron chi connectivity index (χ0n) is 11.6. The molecule has 0 atom stereocenters. The van der Waals surface area contributed by atoms with E-state index in [1.165, 1.54) is 0 Å². The molecule has 0 unspecified atom stereocenters. The first-order valence-corrected chi connectivity index (χ1v) is 6.89. The van der Waals surface area contributed by atoms with Crippen molar-refractivity contribution in [1.29, 1.82) is 0 Å². The summed E-state index contributed by atoms with van der Waals surface area (Å²) in [5, 5.41) is 5.08. The molecule has 0 aliphatic rings. The Hall–Kier alpha value is -1.09. The minimum absolute atomic E-state index is 0.138. The average Bonchev–Trinajstić information content (AvgIpc) is 2.68. The Kier molecular flexibility index (Phi) is 5.60. The number of allylic oxidation sites excluding steroid dienone is 2. The highest BCUT2D eigenvalue weighted by Gasteiger charge is 2.18. The predicted molar refractivity (Wildman–Crippen MR) is 75.0 cm³/mol. The highest BCUT2D eigenvalue weighted by Crippen LogP contribution is 2.23. The number of rotatable bonds is 6. The Balaban J connectivity index is 3.03. The smallest absolute Gasteiger partial charge is 0.164 e. The Bertz CT molecular complexity index is 461. The predicted octanol–water partition coefficient (Wildman–Crippen LogP) is 3.59. The van der Waals surface area contributed by atoms with Gasteiger partial charge in [0.15, 0.2) is 5.78 Å². The van der Waals surface area contributed by atoms with Gasteiger partial charge >= 0.3 is 0 Å². The molecule has 0 radical (unpaired) electrons. The maximum absolute atomic E-state index is 12.1. The van der Waals surface area contributed by atoms with Gasteiger partial charge in [-0.25, -0.2) is 0 Å². The molecule has 0 amide bonds. The summed E-state index contributed by atoms with van der Waals surface area (Å²) in [6, 6.07) is 0. The quantitative estimate of drug-likeness (QED) is 0.739. The second kappa shape index (κ2) is 6.74. The van der Waals surface area contributed by atoms with Crippen LogP contribution in [-0.4, -0.2) is 15.6 Å². The van der Waals surface area contributed by atoms with Gasteiger partial charge in [0, 0.05) is 6.54 Å². The average molecular weight is 269 g/mol. The molecular weight excluding hydrogens is 248 g/mol. The molecule has 0 aliphatic heterocycles. The number of hydrogen-bond donors (Lipinski definition) is 0. The first-order valence-electron chi connectivity index (χ1n) is 6.51. The number of halogens is 1. The number of carbonyl (C=O) groups is 1. The van der Waals surface area contributed by atoms with Crippen LogP contribution in [0.3, 0.4) is 0 Å². The summed E-state index contributed by atoms with van der Waals surface area (Å²) >= 11 is 6.29. The van der Waals surface area contributed by atoms with Crippen LogP contribution < -0.4 is 0 Å². The molecule has 100 valence electrons. The summed E-state index contributed by atoms with van der Waals surface area (Å²) in [5.74, 6) is 0.138. The van der Waals surface area contributed by atoms with Crippen molar-refractivity contribution < 1.29 is 4.79 Å². The summed E-state index contributed by atoms with van der Waals surface area (Å²) in [5.41, 5.74) is 2.57. The van der Waals surface area contributed by atoms with Crippen molar-refractivity contribution in [1.82, 2.24) is 9.78 Å². The van der Waals surface area contributed by atoms with Crippen LogP contribution in [-0.2, 0) is 24.2 Å². The van der Waals surface area contributed by atoms with Crippen molar-refractivity contribution >= 4 is 17.4 Å². The zero-order chi connectivity index (χ0) is 13.7. The molecule has 1 aromatic rings. The standard InChI is InChI=1S/C14H21ClN2O/c1-5-10(6-2)13(18)9-12-14(15)11(7-3)16-17(12)8-4/h5H,6-9H2,1-4H3. The summed E-state index contributed by atoms with van der Waals surface area (Å²) < 4.78 is 1.84. The van der Waals surface area contributed by atoms with Crippen molar-refractivity contribution in [3.63, 3.8) is 0 Å². The molecule has 0 saturated carbocycles. The molecular formula is C14H21ClN2O. The molecule has 18 heavy (non-hydrogen) atoms. The van der Waals surface area contributed by atoms with Gasteiger partial charge in [0.25, 0.3) is 0 Å². The molecule has 1 rings (SSSR count). The van der Waals surface area contributed by atoms with E-state index in [4.69, 9.17) is 11.6 Å². The largest absolute Gasteiger partial charge is 0.294 e. The van der Waals surface area contributed by atoms with Gasteiger partial charge in [-0.2, -0.15) is 5.10 Å². The van der Waals surface area contributed by atoms with Crippen LogP contribution in [0.1, 0.15) is 45.5 Å². The fraction of sp³-hybridized carbons (Fsp3) is 0.571. The minimum Gasteiger partial charge on any atom is -0.294 e. The topological polar surface area (TPSA) is 34.9 Å². The van der Waals surface area contributed by atoms with Gasteiger partial charge in [0.1, 0.15) is 0 Å². The highest BCUT2D eigenvalue weighted by atomic mass is 35.5. The monoisotopic (exact) mass is 268 g/mol. The number of nitrogens with zero attached hydrogens (tertiary/aromatic N) is 2. The van der Waals surface area contributed by atoms with Crippen LogP contribution in [0.25, 0.3) is 0 Å². The molecule has 4 heteroatoms. The molecule has 1 aromatic heterocycles. The Labute approximate surface area is 114 Å². The van der Waals surface area contributed by atoms with Crippen molar-refractivity contribution in [2.75, 3.05) is 0 Å². The molecule has 0 fully saturated rings. The lowest BCUT2D eigenvalue weighted by Gasteiger charge is -2.06. The summed E-state index contributed by atoms with van der Waals surface area (Å²) in [7, 11) is 0. The fourth-order valence-corrected chi connectivity index (χ4v) is 2.35. The van der Waals surface area contributed by atoms with E-state index in [0.29, 0.717) is 11.4 Å². The normalized spacial score (nSPS) is 11.9. The van der Waals surface area contributed by atoms with E-state index in [1.54, 1.807) is 0 Å². The Morgan fingerprint density at radius 2 is 2.06 bits per heavy atom. The van der Waals surface area contributed by atoms with Crippen LogP contribution in [0.5, 0.6) is 0 Å². The zero-order valence-corrected chi connectivity index (χ0v) is 12.3. The molecule has 0 saturated heterocycles. The van der Waals surface area contributed by atoms with Gasteiger partial charge in [-0.15, -0.1) is 0 Å². The minimum atomic E-state index is 0.138. The third-order valence-electron chi connectivity index (χ3n) is 3.11. The van der Waals surface area contributed by atoms with E-state index in [2.05, 4.69) is 5.10 Å². The maximum Gasteiger partial charge on any atom is 0.164 e. The number of hydrogen-bond acceptors (Lipinski definition) is 2. The summed E-state index contributed by atoms with van der Waals surface area (Å²) in [6.45, 7) is 8.65. The molecule has 3 nitrogen and oxygen atoms in total. The second-order valence-corrected chi connectivity index (χ2v) is 4.52. The van der Waals surface area contributed by atoms with E-state index in [9.17, 15) is 4.79 Å². The molecule has 0 aliphatic carbocycles. The lowest BCUT2D eigenvalue weighted by molar-refractivity contribution is -0.115. The third-order valence-corrected chi connectivity index (χ3v) is 3.55. The fourth-order valence-electron chi connectivity index (χ4n) is 2.01. The molecule has 0 N–H and O–H groups in total. The Morgan fingerprint density at radius 1 is 1.39 bits per heavy atom. The highest BCUT2D eigenvalue weighted by molar-refractivity contribution is 6.32. The SMILES string of the molecule is CC=C(CC)C(=O)Cc1c(Cl)c(CC)nn1CC. The van der Waals surface area contributed by atoms with Crippen LogP contribution in [0.15, 0.2) is 11.6 Å². The number of carbonyl (C=O) groups excluding carboxylic acids is 1. The van der Waals surface area contributed by atoms with Crippen molar-refractivity contribution in [3.05, 3.63) is 28.1 Å². The van der Waals surface area contributed by atoms with Gasteiger partial charge in [-0.1, -0.05) is 31.5 Å².